The highest BCUT2D eigenvalue weighted by Crippen LogP contribution is 2.23. The molecule has 0 radical (unpaired) electrons. The number of carbonyl (C=O) groups is 1. The molecule has 0 fully saturated rings. The molecule has 0 saturated carbocycles. The first-order valence-electron chi connectivity index (χ1n) is 7.83. The maximum Gasteiger partial charge on any atom is 0.249 e. The van der Waals surface area contributed by atoms with Gasteiger partial charge in [0, 0.05) is 18.6 Å². The lowest BCUT2D eigenvalue weighted by molar-refractivity contribution is 0.100. The van der Waals surface area contributed by atoms with E-state index in [2.05, 4.69) is 15.2 Å². The predicted molar refractivity (Wildman–Crippen MR) is 95.4 cm³/mol. The van der Waals surface area contributed by atoms with E-state index in [4.69, 9.17) is 5.73 Å². The van der Waals surface area contributed by atoms with Gasteiger partial charge in [-0.25, -0.2) is 4.98 Å². The molecule has 7 nitrogen and oxygen atoms in total. The average molecular weight is 332 g/mol. The smallest absolute Gasteiger partial charge is 0.249 e. The molecule has 0 aliphatic heterocycles. The van der Waals surface area contributed by atoms with Gasteiger partial charge in [0.15, 0.2) is 11.5 Å². The Morgan fingerprint density at radius 1 is 1.16 bits per heavy atom. The molecule has 2 N–H and O–H groups in total. The van der Waals surface area contributed by atoms with Crippen LogP contribution >= 0.6 is 0 Å². The number of fused-ring (bicyclic) bond motifs is 2. The average Bonchev–Trinajstić information content (AvgIpc) is 3.03. The molecule has 0 aliphatic rings. The van der Waals surface area contributed by atoms with Crippen molar-refractivity contribution in [3.63, 3.8) is 0 Å². The quantitative estimate of drug-likeness (QED) is 0.617. The Kier molecular flexibility index (Phi) is 3.53. The molecule has 25 heavy (non-hydrogen) atoms. The third kappa shape index (κ3) is 2.65. The van der Waals surface area contributed by atoms with Crippen LogP contribution in [0.5, 0.6) is 0 Å². The molecule has 1 amide bonds. The summed E-state index contributed by atoms with van der Waals surface area (Å²) in [7, 11) is 1.89. The second kappa shape index (κ2) is 5.86. The summed E-state index contributed by atoms with van der Waals surface area (Å²) in [6.45, 7) is 0.495. The number of hydrogen-bond acceptors (Lipinski definition) is 5. The second-order valence-corrected chi connectivity index (χ2v) is 5.81. The number of amides is 1. The molecule has 1 aromatic carbocycles. The molecule has 7 heteroatoms. The Labute approximate surface area is 143 Å². The van der Waals surface area contributed by atoms with Gasteiger partial charge in [0.1, 0.15) is 5.82 Å². The van der Waals surface area contributed by atoms with Crippen molar-refractivity contribution in [2.45, 2.75) is 6.54 Å². The van der Waals surface area contributed by atoms with Crippen molar-refractivity contribution in [3.8, 4) is 0 Å². The number of para-hydroxylation sites is 1. The van der Waals surface area contributed by atoms with E-state index >= 15 is 0 Å². The lowest BCUT2D eigenvalue weighted by atomic mass is 10.1. The monoisotopic (exact) mass is 332 g/mol. The van der Waals surface area contributed by atoms with Crippen molar-refractivity contribution in [2.24, 2.45) is 5.73 Å². The van der Waals surface area contributed by atoms with E-state index in [-0.39, 0.29) is 0 Å². The molecule has 0 unspecified atom stereocenters. The minimum Gasteiger partial charge on any atom is -0.366 e. The Balaban J connectivity index is 1.75. The number of aromatic nitrogens is 4. The second-order valence-electron chi connectivity index (χ2n) is 5.81. The molecular formula is C18H16N6O. The van der Waals surface area contributed by atoms with Crippen LogP contribution in [0.3, 0.4) is 0 Å². The molecule has 0 spiro atoms. The van der Waals surface area contributed by atoms with E-state index in [1.165, 1.54) is 0 Å². The highest BCUT2D eigenvalue weighted by atomic mass is 16.1. The van der Waals surface area contributed by atoms with Gasteiger partial charge in [-0.05, 0) is 24.3 Å². The Morgan fingerprint density at radius 2 is 1.96 bits per heavy atom. The molecule has 3 heterocycles. The summed E-state index contributed by atoms with van der Waals surface area (Å²) in [6, 6.07) is 14.9. The Morgan fingerprint density at radius 3 is 2.80 bits per heavy atom. The van der Waals surface area contributed by atoms with Gasteiger partial charge in [0.05, 0.1) is 17.6 Å². The van der Waals surface area contributed by atoms with Crippen molar-refractivity contribution in [2.75, 3.05) is 11.9 Å². The largest absolute Gasteiger partial charge is 0.366 e. The van der Waals surface area contributed by atoms with Crippen LogP contribution in [0.1, 0.15) is 16.2 Å². The third-order valence-electron chi connectivity index (χ3n) is 4.12. The van der Waals surface area contributed by atoms with Gasteiger partial charge in [-0.15, -0.1) is 10.2 Å². The highest BCUT2D eigenvalue weighted by Gasteiger charge is 2.14. The predicted octanol–water partition coefficient (Wildman–Crippen LogP) is 2.01. The van der Waals surface area contributed by atoms with E-state index in [9.17, 15) is 4.79 Å². The fourth-order valence-corrected chi connectivity index (χ4v) is 2.85. The van der Waals surface area contributed by atoms with Crippen molar-refractivity contribution in [1.82, 2.24) is 19.6 Å². The molecule has 0 atom stereocenters. The molecule has 0 aliphatic carbocycles. The maximum absolute atomic E-state index is 11.8. The molecule has 4 rings (SSSR count). The van der Waals surface area contributed by atoms with E-state index < -0.39 is 5.91 Å². The Hall–Kier alpha value is -3.48. The van der Waals surface area contributed by atoms with E-state index in [0.717, 1.165) is 22.4 Å². The number of primary amides is 1. The number of benzene rings is 1. The highest BCUT2D eigenvalue weighted by molar-refractivity contribution is 6.06. The standard InChI is InChI=1S/C18H16N6O/c1-23(11-17-22-21-15-8-4-5-9-24(15)17)16-10-13(18(19)25)12-6-2-3-7-14(12)20-16/h2-10H,11H2,1H3,(H2,19,25). The summed E-state index contributed by atoms with van der Waals surface area (Å²) in [5.74, 6) is 0.968. The molecule has 3 aromatic heterocycles. The van der Waals surface area contributed by atoms with E-state index in [0.29, 0.717) is 17.9 Å². The van der Waals surface area contributed by atoms with Crippen LogP contribution in [0.2, 0.25) is 0 Å². The van der Waals surface area contributed by atoms with Gasteiger partial charge < -0.3 is 10.6 Å². The lowest BCUT2D eigenvalue weighted by Gasteiger charge is -2.18. The molecule has 4 aromatic rings. The summed E-state index contributed by atoms with van der Waals surface area (Å²) in [4.78, 5) is 18.4. The number of nitrogens with two attached hydrogens (primary N) is 1. The molecular weight excluding hydrogens is 316 g/mol. The summed E-state index contributed by atoms with van der Waals surface area (Å²) in [5, 5.41) is 9.14. The first-order chi connectivity index (χ1) is 12.1. The zero-order valence-corrected chi connectivity index (χ0v) is 13.6. The molecule has 0 saturated heterocycles. The number of carbonyl (C=O) groups excluding carboxylic acids is 1. The number of nitrogens with zero attached hydrogens (tertiary/aromatic N) is 5. The topological polar surface area (TPSA) is 89.4 Å². The van der Waals surface area contributed by atoms with Gasteiger partial charge in [0.2, 0.25) is 5.91 Å². The molecule has 0 bridgehead atoms. The van der Waals surface area contributed by atoms with Crippen LogP contribution in [0.4, 0.5) is 5.82 Å². The Bertz CT molecular complexity index is 1090. The summed E-state index contributed by atoms with van der Waals surface area (Å²) in [5.41, 5.74) is 7.52. The van der Waals surface area contributed by atoms with Crippen LogP contribution in [0.15, 0.2) is 54.7 Å². The summed E-state index contributed by atoms with van der Waals surface area (Å²) >= 11 is 0. The zero-order chi connectivity index (χ0) is 17.4. The third-order valence-corrected chi connectivity index (χ3v) is 4.12. The van der Waals surface area contributed by atoms with Gasteiger partial charge >= 0.3 is 0 Å². The van der Waals surface area contributed by atoms with Crippen molar-refractivity contribution in [1.29, 1.82) is 0 Å². The zero-order valence-electron chi connectivity index (χ0n) is 13.6. The minimum absolute atomic E-state index is 0.457. The number of hydrogen-bond donors (Lipinski definition) is 1. The number of anilines is 1. The minimum atomic E-state index is -0.471. The number of rotatable bonds is 4. The summed E-state index contributed by atoms with van der Waals surface area (Å²) < 4.78 is 1.92. The first kappa shape index (κ1) is 15.1. The van der Waals surface area contributed by atoms with Crippen molar-refractivity contribution >= 4 is 28.3 Å². The van der Waals surface area contributed by atoms with Gasteiger partial charge in [-0.3, -0.25) is 9.20 Å². The van der Waals surface area contributed by atoms with Gasteiger partial charge in [-0.1, -0.05) is 24.3 Å². The van der Waals surface area contributed by atoms with Crippen molar-refractivity contribution in [3.05, 3.63) is 66.1 Å². The van der Waals surface area contributed by atoms with E-state index in [1.807, 2.05) is 65.0 Å². The van der Waals surface area contributed by atoms with Gasteiger partial charge in [0.25, 0.3) is 0 Å². The van der Waals surface area contributed by atoms with Crippen LogP contribution in [-0.4, -0.2) is 32.5 Å². The normalized spacial score (nSPS) is 11.1. The maximum atomic E-state index is 11.8. The van der Waals surface area contributed by atoms with Crippen molar-refractivity contribution < 1.29 is 4.79 Å². The molecule has 124 valence electrons. The SMILES string of the molecule is CN(Cc1nnc2ccccn12)c1cc(C(N)=O)c2ccccc2n1. The fourth-order valence-electron chi connectivity index (χ4n) is 2.85. The number of pyridine rings is 2. The van der Waals surface area contributed by atoms with Crippen LogP contribution in [0.25, 0.3) is 16.6 Å². The summed E-state index contributed by atoms with van der Waals surface area (Å²) in [6.07, 6.45) is 1.92. The van der Waals surface area contributed by atoms with Crippen LogP contribution in [-0.2, 0) is 6.54 Å². The van der Waals surface area contributed by atoms with Crippen LogP contribution < -0.4 is 10.6 Å². The van der Waals surface area contributed by atoms with Crippen LogP contribution in [0, 0.1) is 0 Å². The first-order valence-corrected chi connectivity index (χ1v) is 7.83. The van der Waals surface area contributed by atoms with Gasteiger partial charge in [-0.2, -0.15) is 0 Å². The van der Waals surface area contributed by atoms with E-state index in [1.54, 1.807) is 6.07 Å². The lowest BCUT2D eigenvalue weighted by Crippen LogP contribution is -2.21. The fraction of sp³-hybridized carbons (Fsp3) is 0.111.